The van der Waals surface area contributed by atoms with E-state index in [4.69, 9.17) is 0 Å². The minimum absolute atomic E-state index is 0.0734. The van der Waals surface area contributed by atoms with Gasteiger partial charge in [0.1, 0.15) is 5.75 Å². The van der Waals surface area contributed by atoms with Gasteiger partial charge in [-0.1, -0.05) is 57.2 Å². The standard InChI is InChI=1S/C23H29NO2/c1-2-3-4-5-6-9-18-24-21-15-12-20(13-16-21)23(26)17-14-19-10-7-8-11-22(19)25/h7-8,10-17,24-25H,2-6,9,18H2,1H3/b17-14+. The van der Waals surface area contributed by atoms with Gasteiger partial charge in [0, 0.05) is 23.4 Å². The van der Waals surface area contributed by atoms with Crippen LogP contribution >= 0.6 is 0 Å². The zero-order valence-corrected chi connectivity index (χ0v) is 15.6. The van der Waals surface area contributed by atoms with Gasteiger partial charge < -0.3 is 10.4 Å². The zero-order chi connectivity index (χ0) is 18.6. The predicted octanol–water partition coefficient (Wildman–Crippen LogP) is 6.06. The van der Waals surface area contributed by atoms with Crippen molar-refractivity contribution in [2.24, 2.45) is 0 Å². The molecule has 138 valence electrons. The molecular formula is C23H29NO2. The largest absolute Gasteiger partial charge is 0.507 e. The Hall–Kier alpha value is -2.55. The van der Waals surface area contributed by atoms with Crippen LogP contribution in [0.25, 0.3) is 6.08 Å². The maximum absolute atomic E-state index is 12.2. The summed E-state index contributed by atoms with van der Waals surface area (Å²) in [4.78, 5) is 12.2. The number of ketones is 1. The molecule has 0 aromatic heterocycles. The van der Waals surface area contributed by atoms with Crippen LogP contribution in [-0.4, -0.2) is 17.4 Å². The highest BCUT2D eigenvalue weighted by molar-refractivity contribution is 6.07. The van der Waals surface area contributed by atoms with E-state index in [9.17, 15) is 9.90 Å². The van der Waals surface area contributed by atoms with Gasteiger partial charge in [0.2, 0.25) is 0 Å². The number of carbonyl (C=O) groups excluding carboxylic acids is 1. The number of unbranched alkanes of at least 4 members (excludes halogenated alkanes) is 5. The van der Waals surface area contributed by atoms with Crippen molar-refractivity contribution in [1.82, 2.24) is 0 Å². The summed E-state index contributed by atoms with van der Waals surface area (Å²) in [6, 6.07) is 14.5. The minimum Gasteiger partial charge on any atom is -0.507 e. The van der Waals surface area contributed by atoms with Crippen LogP contribution in [0.4, 0.5) is 5.69 Å². The zero-order valence-electron chi connectivity index (χ0n) is 15.6. The fraction of sp³-hybridized carbons (Fsp3) is 0.348. The molecule has 3 nitrogen and oxygen atoms in total. The number of hydrogen-bond donors (Lipinski definition) is 2. The summed E-state index contributed by atoms with van der Waals surface area (Å²) in [5.74, 6) is 0.0986. The second kappa shape index (κ2) is 11.1. The average Bonchev–Trinajstić information content (AvgIpc) is 2.67. The molecule has 0 unspecified atom stereocenters. The molecule has 3 heteroatoms. The summed E-state index contributed by atoms with van der Waals surface area (Å²) < 4.78 is 0. The Morgan fingerprint density at radius 1 is 0.962 bits per heavy atom. The Balaban J connectivity index is 1.77. The number of phenolic OH excluding ortho intramolecular Hbond substituents is 1. The van der Waals surface area contributed by atoms with Crippen molar-refractivity contribution in [1.29, 1.82) is 0 Å². The van der Waals surface area contributed by atoms with E-state index in [2.05, 4.69) is 12.2 Å². The monoisotopic (exact) mass is 351 g/mol. The van der Waals surface area contributed by atoms with E-state index in [-0.39, 0.29) is 11.5 Å². The SMILES string of the molecule is CCCCCCCCNc1ccc(C(=O)/C=C/c2ccccc2O)cc1. The van der Waals surface area contributed by atoms with Crippen molar-refractivity contribution in [3.05, 3.63) is 65.7 Å². The number of carbonyl (C=O) groups is 1. The van der Waals surface area contributed by atoms with E-state index >= 15 is 0 Å². The van der Waals surface area contributed by atoms with Crippen molar-refractivity contribution < 1.29 is 9.90 Å². The molecule has 0 aliphatic heterocycles. The van der Waals surface area contributed by atoms with Crippen LogP contribution < -0.4 is 5.32 Å². The molecule has 0 radical (unpaired) electrons. The van der Waals surface area contributed by atoms with E-state index in [0.717, 1.165) is 12.2 Å². The first-order valence-corrected chi connectivity index (χ1v) is 9.55. The summed E-state index contributed by atoms with van der Waals surface area (Å²) in [5.41, 5.74) is 2.32. The number of aromatic hydroxyl groups is 1. The second-order valence-electron chi connectivity index (χ2n) is 6.53. The van der Waals surface area contributed by atoms with Crippen LogP contribution in [0.5, 0.6) is 5.75 Å². The molecule has 0 heterocycles. The van der Waals surface area contributed by atoms with E-state index in [1.807, 2.05) is 30.3 Å². The van der Waals surface area contributed by atoms with Crippen molar-refractivity contribution in [3.8, 4) is 5.75 Å². The van der Waals surface area contributed by atoms with Gasteiger partial charge in [-0.15, -0.1) is 0 Å². The highest BCUT2D eigenvalue weighted by Crippen LogP contribution is 2.18. The molecular weight excluding hydrogens is 322 g/mol. The van der Waals surface area contributed by atoms with Crippen molar-refractivity contribution in [3.63, 3.8) is 0 Å². The summed E-state index contributed by atoms with van der Waals surface area (Å²) in [6.07, 6.45) is 10.8. The maximum atomic E-state index is 12.2. The molecule has 2 rings (SSSR count). The predicted molar refractivity (Wildman–Crippen MR) is 110 cm³/mol. The molecule has 0 aliphatic carbocycles. The molecule has 0 aliphatic rings. The van der Waals surface area contributed by atoms with E-state index < -0.39 is 0 Å². The molecule has 0 atom stereocenters. The van der Waals surface area contributed by atoms with Gasteiger partial charge >= 0.3 is 0 Å². The smallest absolute Gasteiger partial charge is 0.185 e. The number of benzene rings is 2. The highest BCUT2D eigenvalue weighted by atomic mass is 16.3. The van der Waals surface area contributed by atoms with Crippen molar-refractivity contribution in [2.75, 3.05) is 11.9 Å². The van der Waals surface area contributed by atoms with Gasteiger partial charge in [0.05, 0.1) is 0 Å². The minimum atomic E-state index is -0.0734. The number of rotatable bonds is 11. The molecule has 26 heavy (non-hydrogen) atoms. The molecule has 0 bridgehead atoms. The number of allylic oxidation sites excluding steroid dienone is 1. The fourth-order valence-corrected chi connectivity index (χ4v) is 2.78. The van der Waals surface area contributed by atoms with Crippen LogP contribution in [0.3, 0.4) is 0 Å². The normalized spacial score (nSPS) is 11.0. The Kier molecular flexibility index (Phi) is 8.47. The lowest BCUT2D eigenvalue weighted by molar-refractivity contribution is 0.104. The Morgan fingerprint density at radius 2 is 1.65 bits per heavy atom. The first-order valence-electron chi connectivity index (χ1n) is 9.55. The molecule has 0 amide bonds. The summed E-state index contributed by atoms with van der Waals surface area (Å²) in [7, 11) is 0. The topological polar surface area (TPSA) is 49.3 Å². The molecule has 2 aromatic carbocycles. The highest BCUT2D eigenvalue weighted by Gasteiger charge is 2.03. The van der Waals surface area contributed by atoms with Crippen LogP contribution in [0.2, 0.25) is 0 Å². The number of anilines is 1. The first-order chi connectivity index (χ1) is 12.7. The van der Waals surface area contributed by atoms with Gasteiger partial charge in [-0.05, 0) is 48.9 Å². The maximum Gasteiger partial charge on any atom is 0.185 e. The number of phenols is 1. The number of para-hydroxylation sites is 1. The quantitative estimate of drug-likeness (QED) is 0.294. The summed E-state index contributed by atoms with van der Waals surface area (Å²) in [5, 5.41) is 13.1. The van der Waals surface area contributed by atoms with Gasteiger partial charge in [0.25, 0.3) is 0 Å². The fourth-order valence-electron chi connectivity index (χ4n) is 2.78. The molecule has 0 spiro atoms. The molecule has 0 saturated carbocycles. The van der Waals surface area contributed by atoms with E-state index in [1.54, 1.807) is 24.3 Å². The molecule has 0 saturated heterocycles. The van der Waals surface area contributed by atoms with Crippen molar-refractivity contribution in [2.45, 2.75) is 45.4 Å². The number of hydrogen-bond acceptors (Lipinski definition) is 3. The lowest BCUT2D eigenvalue weighted by Gasteiger charge is -2.07. The van der Waals surface area contributed by atoms with Gasteiger partial charge in [-0.2, -0.15) is 0 Å². The Labute approximate surface area is 156 Å². The third kappa shape index (κ3) is 6.75. The van der Waals surface area contributed by atoms with Crippen LogP contribution in [-0.2, 0) is 0 Å². The average molecular weight is 351 g/mol. The van der Waals surface area contributed by atoms with Crippen LogP contribution in [0.1, 0.15) is 61.4 Å². The number of nitrogens with one attached hydrogen (secondary N) is 1. The molecule has 0 fully saturated rings. The van der Waals surface area contributed by atoms with Crippen LogP contribution in [0, 0.1) is 0 Å². The Morgan fingerprint density at radius 3 is 2.38 bits per heavy atom. The second-order valence-corrected chi connectivity index (χ2v) is 6.53. The van der Waals surface area contributed by atoms with Gasteiger partial charge in [-0.25, -0.2) is 0 Å². The summed E-state index contributed by atoms with van der Waals surface area (Å²) in [6.45, 7) is 3.20. The summed E-state index contributed by atoms with van der Waals surface area (Å²) >= 11 is 0. The van der Waals surface area contributed by atoms with Crippen LogP contribution in [0.15, 0.2) is 54.6 Å². The van der Waals surface area contributed by atoms with E-state index in [1.165, 1.54) is 44.6 Å². The van der Waals surface area contributed by atoms with Crippen molar-refractivity contribution >= 4 is 17.5 Å². The molecule has 2 aromatic rings. The Bertz CT molecular complexity index is 704. The third-order valence-corrected chi connectivity index (χ3v) is 4.38. The van der Waals surface area contributed by atoms with Gasteiger partial charge in [0.15, 0.2) is 5.78 Å². The van der Waals surface area contributed by atoms with Gasteiger partial charge in [-0.3, -0.25) is 4.79 Å². The van der Waals surface area contributed by atoms with E-state index in [0.29, 0.717) is 11.1 Å². The third-order valence-electron chi connectivity index (χ3n) is 4.38. The lowest BCUT2D eigenvalue weighted by Crippen LogP contribution is -2.02. The first kappa shape index (κ1) is 19.8. The lowest BCUT2D eigenvalue weighted by atomic mass is 10.1. The molecule has 2 N–H and O–H groups in total.